The maximum atomic E-state index is 9.28. The summed E-state index contributed by atoms with van der Waals surface area (Å²) in [5, 5.41) is 13.2. The van der Waals surface area contributed by atoms with E-state index in [0.29, 0.717) is 5.02 Å². The molecule has 1 N–H and O–H groups in total. The van der Waals surface area contributed by atoms with E-state index in [1.807, 2.05) is 31.2 Å². The fourth-order valence-electron chi connectivity index (χ4n) is 1.51. The summed E-state index contributed by atoms with van der Waals surface area (Å²) in [7, 11) is 0. The third-order valence-electron chi connectivity index (χ3n) is 3.10. The summed E-state index contributed by atoms with van der Waals surface area (Å²) in [6.45, 7) is 6.05. The Morgan fingerprint density at radius 1 is 1.50 bits per heavy atom. The van der Waals surface area contributed by atoms with Crippen LogP contribution in [0.4, 0.5) is 5.69 Å². The number of para-hydroxylation sites is 1. The summed E-state index contributed by atoms with van der Waals surface area (Å²) in [6, 6.07) is 9.82. The predicted molar refractivity (Wildman–Crippen MR) is 68.5 cm³/mol. The van der Waals surface area contributed by atoms with E-state index in [-0.39, 0.29) is 5.92 Å². The van der Waals surface area contributed by atoms with Gasteiger partial charge >= 0.3 is 0 Å². The Kier molecular flexibility index (Phi) is 4.20. The lowest BCUT2D eigenvalue weighted by Crippen LogP contribution is -2.39. The molecule has 0 saturated carbocycles. The van der Waals surface area contributed by atoms with E-state index in [9.17, 15) is 5.26 Å². The highest BCUT2D eigenvalue weighted by Gasteiger charge is 2.30. The number of nitrogens with zero attached hydrogens (tertiary/aromatic N) is 1. The molecule has 2 unspecified atom stereocenters. The van der Waals surface area contributed by atoms with Gasteiger partial charge in [0.2, 0.25) is 0 Å². The highest BCUT2D eigenvalue weighted by Crippen LogP contribution is 2.28. The number of hydrogen-bond donors (Lipinski definition) is 1. The van der Waals surface area contributed by atoms with Crippen LogP contribution in [0.5, 0.6) is 0 Å². The van der Waals surface area contributed by atoms with Crippen molar-refractivity contribution in [2.75, 3.05) is 5.32 Å². The SMILES string of the molecule is CCC(C)C(C)(C#N)Nc1ccccc1Cl. The molecule has 2 nitrogen and oxygen atoms in total. The maximum absolute atomic E-state index is 9.28. The second-order valence-corrected chi connectivity index (χ2v) is 4.64. The van der Waals surface area contributed by atoms with Crippen molar-refractivity contribution in [1.29, 1.82) is 5.26 Å². The molecule has 0 aliphatic rings. The van der Waals surface area contributed by atoms with Gasteiger partial charge in [-0.05, 0) is 25.0 Å². The summed E-state index contributed by atoms with van der Waals surface area (Å²) in [6.07, 6.45) is 0.946. The summed E-state index contributed by atoms with van der Waals surface area (Å²) in [5.74, 6) is 0.258. The summed E-state index contributed by atoms with van der Waals surface area (Å²) < 4.78 is 0. The van der Waals surface area contributed by atoms with E-state index >= 15 is 0 Å². The van der Waals surface area contributed by atoms with Crippen LogP contribution in [-0.4, -0.2) is 5.54 Å². The van der Waals surface area contributed by atoms with E-state index in [1.54, 1.807) is 0 Å². The monoisotopic (exact) mass is 236 g/mol. The molecule has 0 heterocycles. The van der Waals surface area contributed by atoms with Gasteiger partial charge in [0.25, 0.3) is 0 Å². The molecule has 1 aromatic rings. The van der Waals surface area contributed by atoms with E-state index in [1.165, 1.54) is 0 Å². The zero-order valence-corrected chi connectivity index (χ0v) is 10.7. The Labute approximate surface area is 102 Å². The lowest BCUT2D eigenvalue weighted by molar-refractivity contribution is 0.415. The molecule has 86 valence electrons. The first-order valence-corrected chi connectivity index (χ1v) is 5.85. The van der Waals surface area contributed by atoms with Crippen molar-refractivity contribution in [2.45, 2.75) is 32.7 Å². The molecule has 0 aromatic heterocycles. The number of halogens is 1. The van der Waals surface area contributed by atoms with Gasteiger partial charge in [-0.1, -0.05) is 44.0 Å². The first-order valence-electron chi connectivity index (χ1n) is 5.47. The Morgan fingerprint density at radius 2 is 2.12 bits per heavy atom. The highest BCUT2D eigenvalue weighted by molar-refractivity contribution is 6.33. The molecule has 0 amide bonds. The topological polar surface area (TPSA) is 35.8 Å². The first-order chi connectivity index (χ1) is 7.53. The Morgan fingerprint density at radius 3 is 2.62 bits per heavy atom. The van der Waals surface area contributed by atoms with Crippen LogP contribution in [0.25, 0.3) is 0 Å². The van der Waals surface area contributed by atoms with Crippen LogP contribution in [0.2, 0.25) is 5.02 Å². The minimum absolute atomic E-state index is 0.258. The molecule has 0 bridgehead atoms. The maximum Gasteiger partial charge on any atom is 0.125 e. The van der Waals surface area contributed by atoms with Crippen LogP contribution < -0.4 is 5.32 Å². The van der Waals surface area contributed by atoms with Gasteiger partial charge < -0.3 is 5.32 Å². The van der Waals surface area contributed by atoms with E-state index in [2.05, 4.69) is 25.2 Å². The average Bonchev–Trinajstić information content (AvgIpc) is 2.31. The van der Waals surface area contributed by atoms with Crippen molar-refractivity contribution in [3.8, 4) is 6.07 Å². The molecule has 1 rings (SSSR count). The Bertz CT molecular complexity index is 397. The van der Waals surface area contributed by atoms with Crippen LogP contribution in [0, 0.1) is 17.2 Å². The molecule has 2 atom stereocenters. The van der Waals surface area contributed by atoms with E-state index in [0.717, 1.165) is 12.1 Å². The standard InChI is InChI=1S/C13H17ClN2/c1-4-10(2)13(3,9-15)16-12-8-6-5-7-11(12)14/h5-8,10,16H,4H2,1-3H3. The van der Waals surface area contributed by atoms with Crippen molar-refractivity contribution in [3.05, 3.63) is 29.3 Å². The third kappa shape index (κ3) is 2.68. The second kappa shape index (κ2) is 5.23. The largest absolute Gasteiger partial charge is 0.366 e. The van der Waals surface area contributed by atoms with Crippen molar-refractivity contribution < 1.29 is 0 Å². The van der Waals surface area contributed by atoms with E-state index in [4.69, 9.17) is 11.6 Å². The number of nitriles is 1. The molecule has 0 fully saturated rings. The molecule has 0 aliphatic carbocycles. The lowest BCUT2D eigenvalue weighted by Gasteiger charge is -2.30. The fraction of sp³-hybridized carbons (Fsp3) is 0.462. The van der Waals surface area contributed by atoms with Crippen molar-refractivity contribution in [3.63, 3.8) is 0 Å². The van der Waals surface area contributed by atoms with Gasteiger partial charge in [0.15, 0.2) is 0 Å². The van der Waals surface area contributed by atoms with Gasteiger partial charge in [0, 0.05) is 0 Å². The molecular formula is C13H17ClN2. The van der Waals surface area contributed by atoms with Crippen LogP contribution in [0.1, 0.15) is 27.2 Å². The predicted octanol–water partition coefficient (Wildman–Crippen LogP) is 4.08. The molecular weight excluding hydrogens is 220 g/mol. The normalized spacial score (nSPS) is 15.9. The molecule has 0 aliphatic heterocycles. The average molecular weight is 237 g/mol. The molecule has 0 radical (unpaired) electrons. The van der Waals surface area contributed by atoms with Crippen LogP contribution in [0.15, 0.2) is 24.3 Å². The molecule has 1 aromatic carbocycles. The quantitative estimate of drug-likeness (QED) is 0.855. The molecule has 0 saturated heterocycles. The van der Waals surface area contributed by atoms with Crippen molar-refractivity contribution in [2.24, 2.45) is 5.92 Å². The van der Waals surface area contributed by atoms with Crippen LogP contribution >= 0.6 is 11.6 Å². The van der Waals surface area contributed by atoms with Gasteiger partial charge in [-0.2, -0.15) is 5.26 Å². The lowest BCUT2D eigenvalue weighted by atomic mass is 9.86. The second-order valence-electron chi connectivity index (χ2n) is 4.23. The Balaban J connectivity index is 2.95. The fourth-order valence-corrected chi connectivity index (χ4v) is 1.69. The third-order valence-corrected chi connectivity index (χ3v) is 3.43. The molecule has 0 spiro atoms. The number of hydrogen-bond acceptors (Lipinski definition) is 2. The van der Waals surface area contributed by atoms with Gasteiger partial charge in [-0.15, -0.1) is 0 Å². The minimum Gasteiger partial charge on any atom is -0.366 e. The first kappa shape index (κ1) is 12.9. The van der Waals surface area contributed by atoms with Crippen LogP contribution in [-0.2, 0) is 0 Å². The number of anilines is 1. The highest BCUT2D eigenvalue weighted by atomic mass is 35.5. The summed E-state index contributed by atoms with van der Waals surface area (Å²) in [5.41, 5.74) is 0.230. The number of benzene rings is 1. The zero-order valence-electron chi connectivity index (χ0n) is 9.92. The van der Waals surface area contributed by atoms with Gasteiger partial charge in [-0.25, -0.2) is 0 Å². The van der Waals surface area contributed by atoms with E-state index < -0.39 is 5.54 Å². The van der Waals surface area contributed by atoms with Crippen molar-refractivity contribution >= 4 is 17.3 Å². The minimum atomic E-state index is -0.584. The number of rotatable bonds is 4. The van der Waals surface area contributed by atoms with Crippen LogP contribution in [0.3, 0.4) is 0 Å². The zero-order chi connectivity index (χ0) is 12.2. The number of nitrogens with one attached hydrogen (secondary N) is 1. The van der Waals surface area contributed by atoms with Gasteiger partial charge in [0.1, 0.15) is 5.54 Å². The molecule has 16 heavy (non-hydrogen) atoms. The molecule has 3 heteroatoms. The summed E-state index contributed by atoms with van der Waals surface area (Å²) in [4.78, 5) is 0. The smallest absolute Gasteiger partial charge is 0.125 e. The van der Waals surface area contributed by atoms with Crippen molar-refractivity contribution in [1.82, 2.24) is 0 Å². The summed E-state index contributed by atoms with van der Waals surface area (Å²) >= 11 is 6.06. The van der Waals surface area contributed by atoms with Gasteiger partial charge in [0.05, 0.1) is 16.8 Å². The van der Waals surface area contributed by atoms with Gasteiger partial charge in [-0.3, -0.25) is 0 Å². The Hall–Kier alpha value is -1.20.